The zero-order valence-corrected chi connectivity index (χ0v) is 10.4. The van der Waals surface area contributed by atoms with Crippen LogP contribution in [0.5, 0.6) is 11.5 Å². The smallest absolute Gasteiger partial charge is 0.179 e. The van der Waals surface area contributed by atoms with E-state index in [1.54, 1.807) is 19.1 Å². The molecule has 0 spiro atoms. The van der Waals surface area contributed by atoms with E-state index < -0.39 is 0 Å². The van der Waals surface area contributed by atoms with Gasteiger partial charge in [-0.3, -0.25) is 0 Å². The van der Waals surface area contributed by atoms with Crippen LogP contribution in [0, 0.1) is 11.5 Å². The molecular formula is C13H16N2O2. The van der Waals surface area contributed by atoms with Crippen LogP contribution < -0.4 is 9.47 Å². The van der Waals surface area contributed by atoms with E-state index in [1.807, 2.05) is 19.1 Å². The highest BCUT2D eigenvalue weighted by Gasteiger charge is 2.24. The van der Waals surface area contributed by atoms with Crippen LogP contribution in [0.25, 0.3) is 0 Å². The largest absolute Gasteiger partial charge is 0.493 e. The molecule has 1 atom stereocenters. The Morgan fingerprint density at radius 1 is 1.29 bits per heavy atom. The first-order valence-corrected chi connectivity index (χ1v) is 5.62. The maximum absolute atomic E-state index is 9.03. The topological polar surface area (TPSA) is 45.5 Å². The van der Waals surface area contributed by atoms with E-state index in [4.69, 9.17) is 14.7 Å². The third kappa shape index (κ3) is 1.89. The van der Waals surface area contributed by atoms with Crippen LogP contribution in [0.2, 0.25) is 0 Å². The Balaban J connectivity index is 2.47. The van der Waals surface area contributed by atoms with Crippen LogP contribution in [-0.4, -0.2) is 25.7 Å². The van der Waals surface area contributed by atoms with Gasteiger partial charge in [0.05, 0.1) is 20.3 Å². The molecule has 1 heterocycles. The molecule has 0 amide bonds. The van der Waals surface area contributed by atoms with Crippen LogP contribution in [0.4, 0.5) is 0 Å². The van der Waals surface area contributed by atoms with Crippen LogP contribution in [-0.2, 0) is 6.42 Å². The SMILES string of the molecule is COc1cc2c(cc1OC)[C@@H](C)N(C#N)CC2. The number of methoxy groups -OCH3 is 2. The summed E-state index contributed by atoms with van der Waals surface area (Å²) < 4.78 is 10.6. The van der Waals surface area contributed by atoms with Crippen LogP contribution in [0.15, 0.2) is 12.1 Å². The standard InChI is InChI=1S/C13H16N2O2/c1-9-11-7-13(17-3)12(16-2)6-10(11)4-5-15(9)8-14/h6-7,9H,4-5H2,1-3H3/t9-/m1/s1. The van der Waals surface area contributed by atoms with Gasteiger partial charge >= 0.3 is 0 Å². The Morgan fingerprint density at radius 2 is 1.94 bits per heavy atom. The summed E-state index contributed by atoms with van der Waals surface area (Å²) in [5.41, 5.74) is 2.39. The van der Waals surface area contributed by atoms with Crippen molar-refractivity contribution in [1.29, 1.82) is 5.26 Å². The number of benzene rings is 1. The molecule has 2 rings (SSSR count). The second-order valence-electron chi connectivity index (χ2n) is 4.13. The highest BCUT2D eigenvalue weighted by atomic mass is 16.5. The average molecular weight is 232 g/mol. The Labute approximate surface area is 101 Å². The van der Waals surface area contributed by atoms with Crippen molar-refractivity contribution >= 4 is 0 Å². The van der Waals surface area contributed by atoms with Crippen molar-refractivity contribution in [1.82, 2.24) is 4.90 Å². The number of fused-ring (bicyclic) bond motifs is 1. The summed E-state index contributed by atoms with van der Waals surface area (Å²) in [7, 11) is 3.26. The molecule has 0 unspecified atom stereocenters. The molecule has 1 aliphatic heterocycles. The minimum Gasteiger partial charge on any atom is -0.493 e. The van der Waals surface area contributed by atoms with Gasteiger partial charge in [0, 0.05) is 6.54 Å². The first-order valence-electron chi connectivity index (χ1n) is 5.62. The van der Waals surface area contributed by atoms with E-state index in [1.165, 1.54) is 5.56 Å². The second-order valence-corrected chi connectivity index (χ2v) is 4.13. The summed E-state index contributed by atoms with van der Waals surface area (Å²) in [5, 5.41) is 9.03. The van der Waals surface area contributed by atoms with Gasteiger partial charge in [-0.15, -0.1) is 0 Å². The highest BCUT2D eigenvalue weighted by molar-refractivity contribution is 5.49. The molecule has 0 aliphatic carbocycles. The summed E-state index contributed by atoms with van der Waals surface area (Å²) in [6.07, 6.45) is 3.09. The van der Waals surface area contributed by atoms with Crippen molar-refractivity contribution in [2.24, 2.45) is 0 Å². The number of nitrogens with zero attached hydrogens (tertiary/aromatic N) is 2. The Morgan fingerprint density at radius 3 is 2.53 bits per heavy atom. The monoisotopic (exact) mass is 232 g/mol. The van der Waals surface area contributed by atoms with Crippen LogP contribution in [0.1, 0.15) is 24.1 Å². The summed E-state index contributed by atoms with van der Waals surface area (Å²) in [6, 6.07) is 4.09. The van der Waals surface area contributed by atoms with E-state index in [0.29, 0.717) is 0 Å². The maximum atomic E-state index is 9.03. The quantitative estimate of drug-likeness (QED) is 0.732. The van der Waals surface area contributed by atoms with Gasteiger partial charge in [0.25, 0.3) is 0 Å². The normalized spacial score (nSPS) is 18.2. The Bertz CT molecular complexity index is 465. The fourth-order valence-corrected chi connectivity index (χ4v) is 2.28. The maximum Gasteiger partial charge on any atom is 0.179 e. The lowest BCUT2D eigenvalue weighted by Crippen LogP contribution is -2.29. The first kappa shape index (κ1) is 11.6. The third-order valence-electron chi connectivity index (χ3n) is 3.31. The molecule has 17 heavy (non-hydrogen) atoms. The summed E-state index contributed by atoms with van der Waals surface area (Å²) >= 11 is 0. The lowest BCUT2D eigenvalue weighted by molar-refractivity contribution is 0.292. The first-order chi connectivity index (χ1) is 8.21. The van der Waals surface area contributed by atoms with Gasteiger partial charge in [-0.2, -0.15) is 5.26 Å². The van der Waals surface area contributed by atoms with Gasteiger partial charge in [0.15, 0.2) is 17.7 Å². The molecule has 4 heteroatoms. The molecule has 1 aliphatic rings. The van der Waals surface area contributed by atoms with Crippen LogP contribution >= 0.6 is 0 Å². The van der Waals surface area contributed by atoms with E-state index in [0.717, 1.165) is 30.0 Å². The average Bonchev–Trinajstić information content (AvgIpc) is 2.38. The zero-order chi connectivity index (χ0) is 12.4. The highest BCUT2D eigenvalue weighted by Crippen LogP contribution is 2.37. The molecule has 0 N–H and O–H groups in total. The predicted molar refractivity (Wildman–Crippen MR) is 64.0 cm³/mol. The third-order valence-corrected chi connectivity index (χ3v) is 3.31. The minimum absolute atomic E-state index is 0.101. The van der Waals surface area contributed by atoms with Gasteiger partial charge < -0.3 is 14.4 Å². The van der Waals surface area contributed by atoms with Crippen molar-refractivity contribution in [2.75, 3.05) is 20.8 Å². The fraction of sp³-hybridized carbons (Fsp3) is 0.462. The zero-order valence-electron chi connectivity index (χ0n) is 10.4. The van der Waals surface area contributed by atoms with E-state index >= 15 is 0 Å². The number of nitriles is 1. The van der Waals surface area contributed by atoms with Crippen LogP contribution in [0.3, 0.4) is 0 Å². The van der Waals surface area contributed by atoms with Gasteiger partial charge in [-0.25, -0.2) is 0 Å². The molecule has 4 nitrogen and oxygen atoms in total. The van der Waals surface area contributed by atoms with Gasteiger partial charge in [-0.1, -0.05) is 0 Å². The molecule has 0 saturated heterocycles. The van der Waals surface area contributed by atoms with Crippen molar-refractivity contribution in [3.8, 4) is 17.7 Å². The van der Waals surface area contributed by atoms with Crippen molar-refractivity contribution in [2.45, 2.75) is 19.4 Å². The summed E-state index contributed by atoms with van der Waals surface area (Å²) in [4.78, 5) is 1.79. The van der Waals surface area contributed by atoms with Gasteiger partial charge in [0.2, 0.25) is 0 Å². The number of ether oxygens (including phenoxy) is 2. The lowest BCUT2D eigenvalue weighted by atomic mass is 9.93. The van der Waals surface area contributed by atoms with Crippen molar-refractivity contribution in [3.05, 3.63) is 23.3 Å². The molecular weight excluding hydrogens is 216 g/mol. The molecule has 0 fully saturated rings. The number of hydrogen-bond acceptors (Lipinski definition) is 4. The van der Waals surface area contributed by atoms with E-state index in [-0.39, 0.29) is 6.04 Å². The summed E-state index contributed by atoms with van der Waals surface area (Å²) in [5.74, 6) is 1.47. The lowest BCUT2D eigenvalue weighted by Gasteiger charge is -2.31. The van der Waals surface area contributed by atoms with E-state index in [2.05, 4.69) is 6.19 Å². The molecule has 0 saturated carbocycles. The number of rotatable bonds is 2. The Kier molecular flexibility index (Phi) is 3.10. The molecule has 1 aromatic carbocycles. The molecule has 90 valence electrons. The van der Waals surface area contributed by atoms with Crippen molar-refractivity contribution in [3.63, 3.8) is 0 Å². The summed E-state index contributed by atoms with van der Waals surface area (Å²) in [6.45, 7) is 2.80. The molecule has 0 aromatic heterocycles. The second kappa shape index (κ2) is 4.54. The van der Waals surface area contributed by atoms with Gasteiger partial charge in [0.1, 0.15) is 0 Å². The Hall–Kier alpha value is -1.89. The minimum atomic E-state index is 0.101. The molecule has 0 bridgehead atoms. The van der Waals surface area contributed by atoms with Crippen molar-refractivity contribution < 1.29 is 9.47 Å². The van der Waals surface area contributed by atoms with E-state index in [9.17, 15) is 0 Å². The molecule has 1 aromatic rings. The molecule has 0 radical (unpaired) electrons. The number of hydrogen-bond donors (Lipinski definition) is 0. The predicted octanol–water partition coefficient (Wildman–Crippen LogP) is 2.10. The fourth-order valence-electron chi connectivity index (χ4n) is 2.28. The van der Waals surface area contributed by atoms with Gasteiger partial charge in [-0.05, 0) is 36.6 Å².